The van der Waals surface area contributed by atoms with E-state index in [1.807, 2.05) is 13.8 Å². The Kier molecular flexibility index (Phi) is 3.78. The van der Waals surface area contributed by atoms with Crippen molar-refractivity contribution in [3.05, 3.63) is 16.8 Å². The average molecular weight is 246 g/mol. The summed E-state index contributed by atoms with van der Waals surface area (Å²) >= 11 is 0. The van der Waals surface area contributed by atoms with E-state index >= 15 is 0 Å². The second-order valence-corrected chi connectivity index (χ2v) is 4.75. The largest absolute Gasteiger partial charge is 0.378 e. The molecule has 0 bridgehead atoms. The van der Waals surface area contributed by atoms with Crippen molar-refractivity contribution in [1.29, 1.82) is 5.26 Å². The van der Waals surface area contributed by atoms with Crippen molar-refractivity contribution in [2.24, 2.45) is 5.92 Å². The average Bonchev–Trinajstić information content (AvgIpc) is 2.76. The fourth-order valence-electron chi connectivity index (χ4n) is 2.14. The molecule has 5 nitrogen and oxygen atoms in total. The highest BCUT2D eigenvalue weighted by Gasteiger charge is 2.24. The Bertz CT molecular complexity index is 481. The molecule has 0 amide bonds. The van der Waals surface area contributed by atoms with Crippen LogP contribution in [0.3, 0.4) is 0 Å². The first-order valence-corrected chi connectivity index (χ1v) is 6.23. The number of hydrogen-bond donors (Lipinski definition) is 1. The highest BCUT2D eigenvalue weighted by Crippen LogP contribution is 2.22. The number of nitrogens with one attached hydrogen (secondary N) is 1. The van der Waals surface area contributed by atoms with Gasteiger partial charge in [0.2, 0.25) is 0 Å². The molecule has 2 heterocycles. The van der Waals surface area contributed by atoms with E-state index in [0.717, 1.165) is 30.8 Å². The molecule has 2 unspecified atom stereocenters. The summed E-state index contributed by atoms with van der Waals surface area (Å²) in [7, 11) is 0. The first-order chi connectivity index (χ1) is 8.63. The number of rotatable bonds is 3. The minimum Gasteiger partial charge on any atom is -0.378 e. The molecule has 0 aliphatic carbocycles. The van der Waals surface area contributed by atoms with Gasteiger partial charge in [0, 0.05) is 19.1 Å². The van der Waals surface area contributed by atoms with Gasteiger partial charge in [-0.25, -0.2) is 0 Å². The minimum atomic E-state index is 0.266. The van der Waals surface area contributed by atoms with E-state index < -0.39 is 0 Å². The topological polar surface area (TPSA) is 70.8 Å². The van der Waals surface area contributed by atoms with Gasteiger partial charge in [-0.05, 0) is 32.8 Å². The van der Waals surface area contributed by atoms with Gasteiger partial charge in [-0.3, -0.25) is 0 Å². The third-order valence-corrected chi connectivity index (χ3v) is 3.63. The normalized spacial score (nSPS) is 22.8. The van der Waals surface area contributed by atoms with E-state index in [4.69, 9.17) is 4.74 Å². The summed E-state index contributed by atoms with van der Waals surface area (Å²) in [5.74, 6) is 1.06. The molecular formula is C13H18N4O. The van der Waals surface area contributed by atoms with Crippen molar-refractivity contribution in [2.45, 2.75) is 33.3 Å². The van der Waals surface area contributed by atoms with E-state index in [-0.39, 0.29) is 6.10 Å². The van der Waals surface area contributed by atoms with Crippen LogP contribution in [-0.4, -0.2) is 29.5 Å². The molecule has 1 saturated heterocycles. The lowest BCUT2D eigenvalue weighted by atomic mass is 10.0. The molecule has 1 aliphatic heterocycles. The number of hydrogen-bond acceptors (Lipinski definition) is 5. The third kappa shape index (κ3) is 2.44. The van der Waals surface area contributed by atoms with Crippen molar-refractivity contribution in [1.82, 2.24) is 10.2 Å². The van der Waals surface area contributed by atoms with E-state index in [1.165, 1.54) is 0 Å². The van der Waals surface area contributed by atoms with Crippen LogP contribution < -0.4 is 5.32 Å². The van der Waals surface area contributed by atoms with Gasteiger partial charge >= 0.3 is 0 Å². The van der Waals surface area contributed by atoms with Gasteiger partial charge in [-0.1, -0.05) is 0 Å². The highest BCUT2D eigenvalue weighted by atomic mass is 16.5. The number of aromatic nitrogens is 2. The number of ether oxygens (including phenoxy) is 1. The SMILES string of the molecule is Cc1nnc(NCC2CCOC2C)c(C#N)c1C. The molecular weight excluding hydrogens is 228 g/mol. The van der Waals surface area contributed by atoms with Crippen molar-refractivity contribution >= 4 is 5.82 Å². The minimum absolute atomic E-state index is 0.266. The van der Waals surface area contributed by atoms with E-state index in [2.05, 4.69) is 28.5 Å². The molecule has 2 rings (SSSR count). The van der Waals surface area contributed by atoms with E-state index in [1.54, 1.807) is 0 Å². The van der Waals surface area contributed by atoms with Gasteiger partial charge in [0.05, 0.1) is 11.8 Å². The Balaban J connectivity index is 2.10. The molecule has 1 aromatic heterocycles. The molecule has 0 saturated carbocycles. The highest BCUT2D eigenvalue weighted by molar-refractivity contribution is 5.55. The molecule has 0 radical (unpaired) electrons. The summed E-state index contributed by atoms with van der Waals surface area (Å²) in [5.41, 5.74) is 2.29. The van der Waals surface area contributed by atoms with Crippen LogP contribution in [0.5, 0.6) is 0 Å². The maximum absolute atomic E-state index is 9.19. The van der Waals surface area contributed by atoms with E-state index in [9.17, 15) is 5.26 Å². The Morgan fingerprint density at radius 2 is 2.22 bits per heavy atom. The predicted octanol–water partition coefficient (Wildman–Crippen LogP) is 1.80. The Labute approximate surface area is 107 Å². The first kappa shape index (κ1) is 12.8. The quantitative estimate of drug-likeness (QED) is 0.880. The monoisotopic (exact) mass is 246 g/mol. The van der Waals surface area contributed by atoms with Gasteiger partial charge in [0.1, 0.15) is 11.6 Å². The zero-order valence-corrected chi connectivity index (χ0v) is 11.0. The molecule has 96 valence electrons. The number of nitrogens with zero attached hydrogens (tertiary/aromatic N) is 3. The molecule has 1 fully saturated rings. The van der Waals surface area contributed by atoms with Gasteiger partial charge in [-0.2, -0.15) is 10.4 Å². The van der Waals surface area contributed by atoms with Gasteiger partial charge < -0.3 is 10.1 Å². The Hall–Kier alpha value is -1.67. The molecule has 1 N–H and O–H groups in total. The van der Waals surface area contributed by atoms with Crippen LogP contribution in [-0.2, 0) is 4.74 Å². The van der Waals surface area contributed by atoms with Crippen LogP contribution in [0.15, 0.2) is 0 Å². The smallest absolute Gasteiger partial charge is 0.166 e. The van der Waals surface area contributed by atoms with Crippen LogP contribution in [0.25, 0.3) is 0 Å². The van der Waals surface area contributed by atoms with Crippen molar-refractivity contribution in [3.63, 3.8) is 0 Å². The van der Waals surface area contributed by atoms with Crippen molar-refractivity contribution in [2.75, 3.05) is 18.5 Å². The fourth-order valence-corrected chi connectivity index (χ4v) is 2.14. The van der Waals surface area contributed by atoms with Crippen LogP contribution >= 0.6 is 0 Å². The number of nitriles is 1. The lowest BCUT2D eigenvalue weighted by Crippen LogP contribution is -2.22. The third-order valence-electron chi connectivity index (χ3n) is 3.63. The zero-order valence-electron chi connectivity index (χ0n) is 11.0. The number of anilines is 1. The summed E-state index contributed by atoms with van der Waals surface area (Å²) in [6, 6.07) is 2.20. The lowest BCUT2D eigenvalue weighted by Gasteiger charge is -2.16. The molecule has 18 heavy (non-hydrogen) atoms. The molecule has 2 atom stereocenters. The maximum Gasteiger partial charge on any atom is 0.166 e. The predicted molar refractivity (Wildman–Crippen MR) is 68.2 cm³/mol. The van der Waals surface area contributed by atoms with Gasteiger partial charge in [0.15, 0.2) is 5.82 Å². The van der Waals surface area contributed by atoms with Crippen LogP contribution in [0, 0.1) is 31.1 Å². The summed E-state index contributed by atoms with van der Waals surface area (Å²) in [6.07, 6.45) is 1.32. The van der Waals surface area contributed by atoms with Crippen molar-refractivity contribution in [3.8, 4) is 6.07 Å². The second kappa shape index (κ2) is 5.32. The first-order valence-electron chi connectivity index (χ1n) is 6.23. The van der Waals surface area contributed by atoms with Crippen LogP contribution in [0.2, 0.25) is 0 Å². The van der Waals surface area contributed by atoms with Gasteiger partial charge in [0.25, 0.3) is 0 Å². The van der Waals surface area contributed by atoms with Gasteiger partial charge in [-0.15, -0.1) is 5.10 Å². The van der Waals surface area contributed by atoms with E-state index in [0.29, 0.717) is 17.3 Å². The Morgan fingerprint density at radius 1 is 1.44 bits per heavy atom. The fraction of sp³-hybridized carbons (Fsp3) is 0.615. The molecule has 5 heteroatoms. The summed E-state index contributed by atoms with van der Waals surface area (Å²) in [4.78, 5) is 0. The van der Waals surface area contributed by atoms with Crippen LogP contribution in [0.1, 0.15) is 30.2 Å². The molecule has 1 aromatic rings. The molecule has 1 aliphatic rings. The standard InChI is InChI=1S/C13H18N4O/c1-8-9(2)16-17-13(12(8)6-14)15-7-11-4-5-18-10(11)3/h10-11H,4-5,7H2,1-3H3,(H,15,17). The number of aryl methyl sites for hydroxylation is 1. The maximum atomic E-state index is 9.19. The Morgan fingerprint density at radius 3 is 2.83 bits per heavy atom. The second-order valence-electron chi connectivity index (χ2n) is 4.75. The summed E-state index contributed by atoms with van der Waals surface area (Å²) < 4.78 is 5.51. The summed E-state index contributed by atoms with van der Waals surface area (Å²) in [5, 5.41) is 20.5. The zero-order chi connectivity index (χ0) is 13.1. The van der Waals surface area contributed by atoms with Crippen molar-refractivity contribution < 1.29 is 4.74 Å². The van der Waals surface area contributed by atoms with Crippen LogP contribution in [0.4, 0.5) is 5.82 Å². The summed E-state index contributed by atoms with van der Waals surface area (Å²) in [6.45, 7) is 7.43. The molecule has 0 spiro atoms. The molecule has 0 aromatic carbocycles. The lowest BCUT2D eigenvalue weighted by molar-refractivity contribution is 0.108.